The number of esters is 3. The molecular formula is C27H40O9. The topological polar surface area (TPSA) is 136 Å². The summed E-state index contributed by atoms with van der Waals surface area (Å²) in [7, 11) is 0. The van der Waals surface area contributed by atoms with Crippen molar-refractivity contribution in [3.05, 3.63) is 0 Å². The molecule has 0 aromatic rings. The molecule has 0 heterocycles. The second kappa shape index (κ2) is 9.39. The summed E-state index contributed by atoms with van der Waals surface area (Å²) in [6, 6.07) is 0. The van der Waals surface area contributed by atoms with E-state index in [0.717, 1.165) is 0 Å². The van der Waals surface area contributed by atoms with Gasteiger partial charge in [-0.2, -0.15) is 0 Å². The zero-order valence-electron chi connectivity index (χ0n) is 21.8. The molecule has 4 rings (SSSR count). The fraction of sp³-hybridized carbons (Fsp3) is 0.852. The third kappa shape index (κ3) is 4.16. The zero-order valence-corrected chi connectivity index (χ0v) is 21.8. The fourth-order valence-corrected chi connectivity index (χ4v) is 8.64. The van der Waals surface area contributed by atoms with Crippen molar-refractivity contribution in [2.75, 3.05) is 13.2 Å². The lowest BCUT2D eigenvalue weighted by molar-refractivity contribution is -0.272. The van der Waals surface area contributed by atoms with E-state index in [1.807, 2.05) is 6.92 Å². The van der Waals surface area contributed by atoms with E-state index in [9.17, 15) is 29.4 Å². The minimum Gasteiger partial charge on any atom is -0.465 e. The molecule has 0 aliphatic heterocycles. The first-order valence-corrected chi connectivity index (χ1v) is 13.2. The van der Waals surface area contributed by atoms with Crippen molar-refractivity contribution in [2.24, 2.45) is 28.6 Å². The second-order valence-corrected chi connectivity index (χ2v) is 11.9. The van der Waals surface area contributed by atoms with Crippen LogP contribution in [0.2, 0.25) is 0 Å². The van der Waals surface area contributed by atoms with Crippen LogP contribution in [0.5, 0.6) is 0 Å². The summed E-state index contributed by atoms with van der Waals surface area (Å²) in [5.74, 6) is -2.18. The van der Waals surface area contributed by atoms with Crippen molar-refractivity contribution in [3.8, 4) is 0 Å². The van der Waals surface area contributed by atoms with Crippen LogP contribution in [0.25, 0.3) is 0 Å². The van der Waals surface area contributed by atoms with Gasteiger partial charge in [-0.25, -0.2) is 0 Å². The van der Waals surface area contributed by atoms with Crippen molar-refractivity contribution < 1.29 is 43.6 Å². The van der Waals surface area contributed by atoms with Gasteiger partial charge < -0.3 is 24.4 Å². The van der Waals surface area contributed by atoms with Gasteiger partial charge in [0.2, 0.25) is 0 Å². The van der Waals surface area contributed by atoms with E-state index < -0.39 is 46.0 Å². The standard InChI is InChI=1S/C27H40O9/c1-16(28)34-14-23(31)22-8-12-27(33)21-7-11-26(32)13-19(36-18(3)30)5-10-25(26,15-35-17(2)29)20(21)6-9-24(22,27)4/h19-22,32-33H,5-15H2,1-4H3/t19-,20-,21+,22+,24-,25+,26-,27+/m1/s1. The molecule has 9 heteroatoms. The van der Waals surface area contributed by atoms with Gasteiger partial charge >= 0.3 is 17.9 Å². The predicted molar refractivity (Wildman–Crippen MR) is 126 cm³/mol. The SMILES string of the molecule is CC(=O)OCC(=O)[C@@H]1CC[C@]2(O)[C@H]3CC[C@@]4(O)C[C@H](OC(C)=O)CC[C@]4(COC(C)=O)[C@@H]3CC[C@]12C. The highest BCUT2D eigenvalue weighted by Crippen LogP contribution is 2.70. The minimum atomic E-state index is -1.20. The maximum Gasteiger partial charge on any atom is 0.303 e. The van der Waals surface area contributed by atoms with Gasteiger partial charge in [0.25, 0.3) is 0 Å². The summed E-state index contributed by atoms with van der Waals surface area (Å²) in [5.41, 5.74) is -3.76. The molecule has 0 spiro atoms. The van der Waals surface area contributed by atoms with Gasteiger partial charge in [0.15, 0.2) is 5.78 Å². The van der Waals surface area contributed by atoms with Crippen LogP contribution in [-0.4, -0.2) is 64.4 Å². The number of rotatable bonds is 6. The van der Waals surface area contributed by atoms with E-state index in [2.05, 4.69) is 0 Å². The molecule has 202 valence electrons. The van der Waals surface area contributed by atoms with Crippen molar-refractivity contribution in [1.82, 2.24) is 0 Å². The van der Waals surface area contributed by atoms with Gasteiger partial charge in [0.1, 0.15) is 12.7 Å². The minimum absolute atomic E-state index is 0.0500. The van der Waals surface area contributed by atoms with Crippen LogP contribution >= 0.6 is 0 Å². The zero-order chi connectivity index (χ0) is 26.5. The van der Waals surface area contributed by atoms with Crippen molar-refractivity contribution >= 4 is 23.7 Å². The molecule has 0 aromatic carbocycles. The number of ketones is 1. The molecule has 4 saturated carbocycles. The Morgan fingerprint density at radius 3 is 2.11 bits per heavy atom. The molecule has 4 fully saturated rings. The summed E-state index contributed by atoms with van der Waals surface area (Å²) < 4.78 is 16.0. The third-order valence-electron chi connectivity index (χ3n) is 10.3. The fourth-order valence-electron chi connectivity index (χ4n) is 8.64. The average molecular weight is 509 g/mol. The Kier molecular flexibility index (Phi) is 7.05. The molecule has 4 aliphatic rings. The van der Waals surface area contributed by atoms with Crippen LogP contribution in [0.4, 0.5) is 0 Å². The van der Waals surface area contributed by atoms with Gasteiger partial charge in [-0.05, 0) is 63.2 Å². The van der Waals surface area contributed by atoms with Crippen LogP contribution in [0.15, 0.2) is 0 Å². The smallest absolute Gasteiger partial charge is 0.303 e. The number of hydrogen-bond acceptors (Lipinski definition) is 9. The number of carbonyl (C=O) groups excluding carboxylic acids is 4. The number of hydrogen-bond donors (Lipinski definition) is 2. The van der Waals surface area contributed by atoms with E-state index in [-0.39, 0.29) is 43.2 Å². The first kappa shape index (κ1) is 27.0. The molecule has 36 heavy (non-hydrogen) atoms. The van der Waals surface area contributed by atoms with Crippen molar-refractivity contribution in [3.63, 3.8) is 0 Å². The largest absolute Gasteiger partial charge is 0.465 e. The van der Waals surface area contributed by atoms with Gasteiger partial charge in [-0.3, -0.25) is 19.2 Å². The second-order valence-electron chi connectivity index (χ2n) is 11.9. The lowest BCUT2D eigenvalue weighted by atomic mass is 9.41. The van der Waals surface area contributed by atoms with Crippen LogP contribution in [-0.2, 0) is 33.4 Å². The molecule has 0 aromatic heterocycles. The Hall–Kier alpha value is -2.00. The van der Waals surface area contributed by atoms with E-state index in [1.54, 1.807) is 0 Å². The number of fused-ring (bicyclic) bond motifs is 5. The summed E-state index contributed by atoms with van der Waals surface area (Å²) >= 11 is 0. The summed E-state index contributed by atoms with van der Waals surface area (Å²) in [6.07, 6.45) is 4.10. The maximum atomic E-state index is 13.0. The normalized spacial score (nSPS) is 43.4. The highest BCUT2D eigenvalue weighted by Gasteiger charge is 2.72. The van der Waals surface area contributed by atoms with Gasteiger partial charge in [0, 0.05) is 43.9 Å². The van der Waals surface area contributed by atoms with Crippen LogP contribution in [0.1, 0.15) is 85.5 Å². The lowest BCUT2D eigenvalue weighted by Gasteiger charge is -2.66. The van der Waals surface area contributed by atoms with Crippen LogP contribution in [0.3, 0.4) is 0 Å². The van der Waals surface area contributed by atoms with E-state index in [4.69, 9.17) is 14.2 Å². The third-order valence-corrected chi connectivity index (χ3v) is 10.3. The quantitative estimate of drug-likeness (QED) is 0.409. The molecular weight excluding hydrogens is 468 g/mol. The van der Waals surface area contributed by atoms with Gasteiger partial charge in [0.05, 0.1) is 17.8 Å². The molecule has 0 bridgehead atoms. The molecule has 0 saturated heterocycles. The van der Waals surface area contributed by atoms with E-state index in [0.29, 0.717) is 51.4 Å². The van der Waals surface area contributed by atoms with Crippen molar-refractivity contribution in [1.29, 1.82) is 0 Å². The Morgan fingerprint density at radius 1 is 0.806 bits per heavy atom. The summed E-state index contributed by atoms with van der Waals surface area (Å²) in [4.78, 5) is 47.8. The van der Waals surface area contributed by atoms with Gasteiger partial charge in [-0.15, -0.1) is 0 Å². The molecule has 9 nitrogen and oxygen atoms in total. The number of Topliss-reactive ketones (excluding diaryl/α,β-unsaturated/α-hetero) is 1. The number of aliphatic hydroxyl groups is 2. The highest BCUT2D eigenvalue weighted by molar-refractivity contribution is 5.85. The Labute approximate surface area is 212 Å². The van der Waals surface area contributed by atoms with Crippen molar-refractivity contribution in [2.45, 2.75) is 103 Å². The molecule has 0 radical (unpaired) electrons. The van der Waals surface area contributed by atoms with Crippen LogP contribution in [0, 0.1) is 28.6 Å². The Balaban J connectivity index is 1.65. The van der Waals surface area contributed by atoms with Crippen LogP contribution < -0.4 is 0 Å². The summed E-state index contributed by atoms with van der Waals surface area (Å²) in [6.45, 7) is 5.72. The Bertz CT molecular complexity index is 932. The maximum absolute atomic E-state index is 13.0. The van der Waals surface area contributed by atoms with Gasteiger partial charge in [-0.1, -0.05) is 6.92 Å². The molecule has 4 aliphatic carbocycles. The average Bonchev–Trinajstić information content (AvgIpc) is 3.06. The summed E-state index contributed by atoms with van der Waals surface area (Å²) in [5, 5.41) is 24.3. The molecule has 2 N–H and O–H groups in total. The number of carbonyl (C=O) groups is 4. The Morgan fingerprint density at radius 2 is 1.47 bits per heavy atom. The molecule has 0 unspecified atom stereocenters. The lowest BCUT2D eigenvalue weighted by Crippen LogP contribution is -2.69. The molecule has 8 atom stereocenters. The first-order chi connectivity index (χ1) is 16.8. The molecule has 0 amide bonds. The predicted octanol–water partition coefficient (Wildman–Crippen LogP) is 2.48. The van der Waals surface area contributed by atoms with E-state index in [1.165, 1.54) is 20.8 Å². The highest BCUT2D eigenvalue weighted by atomic mass is 16.5. The monoisotopic (exact) mass is 508 g/mol. The van der Waals surface area contributed by atoms with E-state index >= 15 is 0 Å². The first-order valence-electron chi connectivity index (χ1n) is 13.2. The number of ether oxygens (including phenoxy) is 3.